The van der Waals surface area contributed by atoms with Crippen molar-refractivity contribution in [3.05, 3.63) is 71.2 Å². The summed E-state index contributed by atoms with van der Waals surface area (Å²) < 4.78 is 24.9. The lowest BCUT2D eigenvalue weighted by Crippen LogP contribution is -2.36. The first kappa shape index (κ1) is 18.5. The number of ether oxygens (including phenoxy) is 1. The number of anilines is 2. The number of morpholine rings is 1. The standard InChI is InChI=1S/C21H18ClFN2O3/c22-14-5-6-18(25-9-11-27-12-10-25)17(13-14)24-21(26)20-8-7-19(28-20)15-3-1-2-4-16(15)23/h1-8,13H,9-12H2,(H,24,26). The third kappa shape index (κ3) is 3.88. The number of carbonyl (C=O) groups is 1. The summed E-state index contributed by atoms with van der Waals surface area (Å²) in [6.07, 6.45) is 0. The Morgan fingerprint density at radius 1 is 1.07 bits per heavy atom. The van der Waals surface area contributed by atoms with Crippen LogP contribution in [0.15, 0.2) is 59.0 Å². The highest BCUT2D eigenvalue weighted by Crippen LogP contribution is 2.31. The minimum Gasteiger partial charge on any atom is -0.451 e. The lowest BCUT2D eigenvalue weighted by molar-refractivity contribution is 0.0997. The summed E-state index contributed by atoms with van der Waals surface area (Å²) in [7, 11) is 0. The molecule has 1 aliphatic rings. The van der Waals surface area contributed by atoms with Crippen LogP contribution in [0.1, 0.15) is 10.6 Å². The highest BCUT2D eigenvalue weighted by molar-refractivity contribution is 6.31. The molecule has 1 aliphatic heterocycles. The van der Waals surface area contributed by atoms with E-state index in [1.165, 1.54) is 12.1 Å². The zero-order valence-electron chi connectivity index (χ0n) is 15.0. The Labute approximate surface area is 166 Å². The number of hydrogen-bond donors (Lipinski definition) is 1. The van der Waals surface area contributed by atoms with E-state index >= 15 is 0 Å². The molecule has 5 nitrogen and oxygen atoms in total. The highest BCUT2D eigenvalue weighted by atomic mass is 35.5. The molecule has 0 radical (unpaired) electrons. The van der Waals surface area contributed by atoms with Gasteiger partial charge in [0, 0.05) is 18.1 Å². The summed E-state index contributed by atoms with van der Waals surface area (Å²) in [5, 5.41) is 3.36. The molecular weight excluding hydrogens is 383 g/mol. The van der Waals surface area contributed by atoms with Gasteiger partial charge in [-0.05, 0) is 42.5 Å². The minimum absolute atomic E-state index is 0.0890. The summed E-state index contributed by atoms with van der Waals surface area (Å²) >= 11 is 6.13. The van der Waals surface area contributed by atoms with E-state index in [0.717, 1.165) is 18.8 Å². The first-order valence-corrected chi connectivity index (χ1v) is 9.28. The summed E-state index contributed by atoms with van der Waals surface area (Å²) in [6.45, 7) is 2.70. The van der Waals surface area contributed by atoms with Crippen molar-refractivity contribution in [3.63, 3.8) is 0 Å². The number of benzene rings is 2. The maximum absolute atomic E-state index is 13.9. The second-order valence-electron chi connectivity index (χ2n) is 6.36. The molecule has 3 aromatic rings. The molecule has 2 aromatic carbocycles. The van der Waals surface area contributed by atoms with Crippen molar-refractivity contribution in [1.82, 2.24) is 0 Å². The zero-order valence-corrected chi connectivity index (χ0v) is 15.7. The van der Waals surface area contributed by atoms with Gasteiger partial charge in [-0.1, -0.05) is 23.7 Å². The van der Waals surface area contributed by atoms with Gasteiger partial charge >= 0.3 is 0 Å². The van der Waals surface area contributed by atoms with Crippen LogP contribution in [-0.2, 0) is 4.74 Å². The van der Waals surface area contributed by atoms with E-state index in [2.05, 4.69) is 10.2 Å². The Hall–Kier alpha value is -2.83. The largest absolute Gasteiger partial charge is 0.451 e. The number of halogens is 2. The van der Waals surface area contributed by atoms with Crippen LogP contribution in [0.25, 0.3) is 11.3 Å². The average Bonchev–Trinajstić information content (AvgIpc) is 3.19. The van der Waals surface area contributed by atoms with Crippen molar-refractivity contribution in [2.75, 3.05) is 36.5 Å². The molecule has 7 heteroatoms. The Morgan fingerprint density at radius 3 is 2.64 bits per heavy atom. The Bertz CT molecular complexity index is 999. The number of rotatable bonds is 4. The smallest absolute Gasteiger partial charge is 0.291 e. The summed E-state index contributed by atoms with van der Waals surface area (Å²) in [4.78, 5) is 14.8. The van der Waals surface area contributed by atoms with E-state index < -0.39 is 11.7 Å². The third-order valence-electron chi connectivity index (χ3n) is 4.53. The van der Waals surface area contributed by atoms with Gasteiger partial charge in [0.25, 0.3) is 5.91 Å². The fraction of sp³-hybridized carbons (Fsp3) is 0.190. The number of furan rings is 1. The zero-order chi connectivity index (χ0) is 19.5. The van der Waals surface area contributed by atoms with Gasteiger partial charge in [0.05, 0.1) is 30.2 Å². The van der Waals surface area contributed by atoms with Crippen molar-refractivity contribution in [2.24, 2.45) is 0 Å². The number of hydrogen-bond acceptors (Lipinski definition) is 4. The van der Waals surface area contributed by atoms with Gasteiger partial charge in [-0.25, -0.2) is 4.39 Å². The molecule has 4 rings (SSSR count). The predicted octanol–water partition coefficient (Wildman–Crippen LogP) is 4.83. The summed E-state index contributed by atoms with van der Waals surface area (Å²) in [5.74, 6) is -0.457. The van der Waals surface area contributed by atoms with Crippen molar-refractivity contribution >= 4 is 28.9 Å². The molecule has 0 spiro atoms. The molecule has 0 bridgehead atoms. The lowest BCUT2D eigenvalue weighted by Gasteiger charge is -2.30. The SMILES string of the molecule is O=C(Nc1cc(Cl)ccc1N1CCOCC1)c1ccc(-c2ccccc2F)o1. The molecule has 28 heavy (non-hydrogen) atoms. The Morgan fingerprint density at radius 2 is 1.86 bits per heavy atom. The maximum Gasteiger partial charge on any atom is 0.291 e. The molecule has 0 atom stereocenters. The third-order valence-corrected chi connectivity index (χ3v) is 4.76. The van der Waals surface area contributed by atoms with Gasteiger partial charge in [-0.3, -0.25) is 4.79 Å². The molecule has 2 heterocycles. The van der Waals surface area contributed by atoms with E-state index in [9.17, 15) is 9.18 Å². The highest BCUT2D eigenvalue weighted by Gasteiger charge is 2.19. The first-order chi connectivity index (χ1) is 13.6. The molecule has 0 aliphatic carbocycles. The lowest BCUT2D eigenvalue weighted by atomic mass is 10.1. The summed E-state index contributed by atoms with van der Waals surface area (Å²) in [6, 6.07) is 14.7. The van der Waals surface area contributed by atoms with E-state index in [1.807, 2.05) is 6.07 Å². The van der Waals surface area contributed by atoms with Crippen LogP contribution in [-0.4, -0.2) is 32.2 Å². The fourth-order valence-corrected chi connectivity index (χ4v) is 3.31. The fourth-order valence-electron chi connectivity index (χ4n) is 3.14. The van der Waals surface area contributed by atoms with E-state index in [1.54, 1.807) is 36.4 Å². The van der Waals surface area contributed by atoms with Crippen molar-refractivity contribution in [2.45, 2.75) is 0 Å². The molecule has 1 aromatic heterocycles. The van der Waals surface area contributed by atoms with Crippen molar-refractivity contribution in [3.8, 4) is 11.3 Å². The van der Waals surface area contributed by atoms with Crippen LogP contribution in [0.5, 0.6) is 0 Å². The van der Waals surface area contributed by atoms with Gasteiger partial charge in [0.15, 0.2) is 5.76 Å². The molecule has 0 saturated carbocycles. The predicted molar refractivity (Wildman–Crippen MR) is 107 cm³/mol. The van der Waals surface area contributed by atoms with E-state index in [-0.39, 0.29) is 5.76 Å². The maximum atomic E-state index is 13.9. The molecule has 0 unspecified atom stereocenters. The first-order valence-electron chi connectivity index (χ1n) is 8.90. The second kappa shape index (κ2) is 8.04. The topological polar surface area (TPSA) is 54.7 Å². The van der Waals surface area contributed by atoms with E-state index in [0.29, 0.717) is 35.2 Å². The number of nitrogens with zero attached hydrogens (tertiary/aromatic N) is 1. The quantitative estimate of drug-likeness (QED) is 0.681. The minimum atomic E-state index is -0.431. The molecule has 1 fully saturated rings. The van der Waals surface area contributed by atoms with Gasteiger partial charge in [0.2, 0.25) is 0 Å². The number of nitrogens with one attached hydrogen (secondary N) is 1. The van der Waals surface area contributed by atoms with Crippen LogP contribution in [0.2, 0.25) is 5.02 Å². The van der Waals surface area contributed by atoms with Crippen molar-refractivity contribution in [1.29, 1.82) is 0 Å². The molecular formula is C21H18ClFN2O3. The van der Waals surface area contributed by atoms with Crippen molar-refractivity contribution < 1.29 is 18.3 Å². The van der Waals surface area contributed by atoms with Crippen LogP contribution in [0.3, 0.4) is 0 Å². The Kier molecular flexibility index (Phi) is 5.32. The molecule has 1 amide bonds. The van der Waals surface area contributed by atoms with Crippen LogP contribution in [0.4, 0.5) is 15.8 Å². The second-order valence-corrected chi connectivity index (χ2v) is 6.80. The molecule has 144 valence electrons. The van der Waals surface area contributed by atoms with Gasteiger partial charge in [-0.15, -0.1) is 0 Å². The normalized spacial score (nSPS) is 14.1. The van der Waals surface area contributed by atoms with Crippen LogP contribution >= 0.6 is 11.6 Å². The van der Waals surface area contributed by atoms with E-state index in [4.69, 9.17) is 20.8 Å². The summed E-state index contributed by atoms with van der Waals surface area (Å²) in [5.41, 5.74) is 1.75. The monoisotopic (exact) mass is 400 g/mol. The van der Waals surface area contributed by atoms with Gasteiger partial charge < -0.3 is 19.4 Å². The van der Waals surface area contributed by atoms with Crippen LogP contribution in [0, 0.1) is 5.82 Å². The molecule has 1 N–H and O–H groups in total. The van der Waals surface area contributed by atoms with Gasteiger partial charge in [0.1, 0.15) is 11.6 Å². The average molecular weight is 401 g/mol. The number of amides is 1. The molecule has 1 saturated heterocycles. The number of carbonyl (C=O) groups excluding carboxylic acids is 1. The van der Waals surface area contributed by atoms with Crippen LogP contribution < -0.4 is 10.2 Å². The Balaban J connectivity index is 1.57. The van der Waals surface area contributed by atoms with Gasteiger partial charge in [-0.2, -0.15) is 0 Å².